The molecule has 3 aromatic rings. The minimum Gasteiger partial charge on any atom is -0.475 e. The third kappa shape index (κ3) is 4.40. The lowest BCUT2D eigenvalue weighted by Crippen LogP contribution is -2.14. The average molecular weight is 384 g/mol. The molecule has 28 heavy (non-hydrogen) atoms. The van der Waals surface area contributed by atoms with E-state index in [1.165, 1.54) is 12.4 Å². The number of nitrogens with two attached hydrogens (primary N) is 1. The molecule has 1 atom stereocenters. The topological polar surface area (TPSA) is 128 Å². The van der Waals surface area contributed by atoms with Crippen LogP contribution in [0.2, 0.25) is 0 Å². The monoisotopic (exact) mass is 384 g/mol. The van der Waals surface area contributed by atoms with Crippen molar-refractivity contribution in [1.82, 2.24) is 24.5 Å². The molecular weight excluding hydrogens is 363 g/mol. The molecule has 3 rings (SSSR count). The lowest BCUT2D eigenvalue weighted by molar-refractivity contribution is 0.228. The molecule has 146 valence electrons. The molecule has 0 saturated heterocycles. The number of nitrogens with zero attached hydrogens (tertiary/aromatic N) is 5. The van der Waals surface area contributed by atoms with E-state index in [9.17, 15) is 4.39 Å². The summed E-state index contributed by atoms with van der Waals surface area (Å²) in [7, 11) is 0. The summed E-state index contributed by atoms with van der Waals surface area (Å²) in [5.41, 5.74) is 7.25. The molecule has 0 aliphatic rings. The summed E-state index contributed by atoms with van der Waals surface area (Å²) in [4.78, 5) is 16.7. The SMILES string of the molecule is CC(C)OC(=N)C=C(N)n1cnc2ccc(N[C@@H](C)c3ncc(F)cn3)nc21. The number of hydrogen-bond donors (Lipinski definition) is 3. The van der Waals surface area contributed by atoms with Crippen LogP contribution in [0.25, 0.3) is 17.0 Å². The van der Waals surface area contributed by atoms with Crippen molar-refractivity contribution in [3.63, 3.8) is 0 Å². The third-order valence-electron chi connectivity index (χ3n) is 3.71. The van der Waals surface area contributed by atoms with Gasteiger partial charge in [-0.05, 0) is 32.9 Å². The Kier molecular flexibility index (Phi) is 5.48. The number of ether oxygens (including phenoxy) is 1. The molecule has 0 saturated carbocycles. The molecule has 3 heterocycles. The minimum atomic E-state index is -0.492. The van der Waals surface area contributed by atoms with E-state index in [-0.39, 0.29) is 23.9 Å². The van der Waals surface area contributed by atoms with Crippen LogP contribution < -0.4 is 11.1 Å². The van der Waals surface area contributed by atoms with E-state index in [1.54, 1.807) is 16.7 Å². The molecule has 9 nitrogen and oxygen atoms in total. The van der Waals surface area contributed by atoms with Crippen LogP contribution in [0.1, 0.15) is 32.6 Å². The predicted molar refractivity (Wildman–Crippen MR) is 104 cm³/mol. The Balaban J connectivity index is 1.84. The highest BCUT2D eigenvalue weighted by atomic mass is 19.1. The van der Waals surface area contributed by atoms with Gasteiger partial charge in [0.1, 0.15) is 29.3 Å². The lowest BCUT2D eigenvalue weighted by Gasteiger charge is -2.13. The van der Waals surface area contributed by atoms with Crippen molar-refractivity contribution in [2.75, 3.05) is 5.32 Å². The number of rotatable bonds is 6. The smallest absolute Gasteiger partial charge is 0.209 e. The highest BCUT2D eigenvalue weighted by molar-refractivity contribution is 5.91. The Labute approximate surface area is 161 Å². The first-order chi connectivity index (χ1) is 13.3. The van der Waals surface area contributed by atoms with Crippen LogP contribution in [-0.2, 0) is 4.74 Å². The predicted octanol–water partition coefficient (Wildman–Crippen LogP) is 2.69. The van der Waals surface area contributed by atoms with E-state index in [0.717, 1.165) is 12.4 Å². The maximum absolute atomic E-state index is 13.0. The van der Waals surface area contributed by atoms with Crippen LogP contribution in [0, 0.1) is 11.2 Å². The number of fused-ring (bicyclic) bond motifs is 1. The van der Waals surface area contributed by atoms with Crippen LogP contribution in [0.3, 0.4) is 0 Å². The van der Waals surface area contributed by atoms with Gasteiger partial charge >= 0.3 is 0 Å². The van der Waals surface area contributed by atoms with Gasteiger partial charge < -0.3 is 15.8 Å². The molecule has 4 N–H and O–H groups in total. The number of pyridine rings is 1. The van der Waals surface area contributed by atoms with E-state index in [4.69, 9.17) is 15.9 Å². The van der Waals surface area contributed by atoms with Gasteiger partial charge in [-0.3, -0.25) is 9.98 Å². The first-order valence-corrected chi connectivity index (χ1v) is 8.64. The van der Waals surface area contributed by atoms with E-state index in [1.807, 2.05) is 20.8 Å². The molecule has 0 fully saturated rings. The Morgan fingerprint density at radius 1 is 1.25 bits per heavy atom. The second kappa shape index (κ2) is 7.99. The van der Waals surface area contributed by atoms with Gasteiger partial charge in [0.15, 0.2) is 11.5 Å². The zero-order valence-corrected chi connectivity index (χ0v) is 15.7. The first-order valence-electron chi connectivity index (χ1n) is 8.64. The Bertz CT molecular complexity index is 1010. The molecule has 0 aliphatic carbocycles. The highest BCUT2D eigenvalue weighted by Crippen LogP contribution is 2.19. The van der Waals surface area contributed by atoms with Crippen molar-refractivity contribution in [3.05, 3.63) is 48.6 Å². The van der Waals surface area contributed by atoms with Crippen LogP contribution in [0.5, 0.6) is 0 Å². The van der Waals surface area contributed by atoms with Crippen molar-refractivity contribution in [2.24, 2.45) is 5.73 Å². The summed E-state index contributed by atoms with van der Waals surface area (Å²) in [6, 6.07) is 3.27. The maximum atomic E-state index is 13.0. The fourth-order valence-electron chi connectivity index (χ4n) is 2.49. The molecule has 0 unspecified atom stereocenters. The molecule has 3 aromatic heterocycles. The molecule has 0 spiro atoms. The van der Waals surface area contributed by atoms with Crippen molar-refractivity contribution in [2.45, 2.75) is 32.9 Å². The standard InChI is InChI=1S/C18H21FN8O/c1-10(2)28-15(21)6-14(20)27-9-24-13-4-5-16(26-18(13)27)25-11(3)17-22-7-12(19)8-23-17/h4-11,21H,20H2,1-3H3,(H,25,26)/t11-/m0/s1. The van der Waals surface area contributed by atoms with Gasteiger partial charge in [0.25, 0.3) is 0 Å². The molecule has 0 amide bonds. The van der Waals surface area contributed by atoms with Gasteiger partial charge in [-0.1, -0.05) is 0 Å². The fraction of sp³-hybridized carbons (Fsp3) is 0.278. The van der Waals surface area contributed by atoms with Crippen molar-refractivity contribution in [1.29, 1.82) is 5.41 Å². The first kappa shape index (κ1) is 19.2. The van der Waals surface area contributed by atoms with Gasteiger partial charge in [-0.25, -0.2) is 24.3 Å². The summed E-state index contributed by atoms with van der Waals surface area (Å²) < 4.78 is 19.8. The molecular formula is C18H21FN8O. The summed E-state index contributed by atoms with van der Waals surface area (Å²) in [6.45, 7) is 5.50. The molecule has 0 radical (unpaired) electrons. The zero-order chi connectivity index (χ0) is 20.3. The van der Waals surface area contributed by atoms with Gasteiger partial charge in [0.2, 0.25) is 5.90 Å². The van der Waals surface area contributed by atoms with E-state index in [2.05, 4.69) is 25.3 Å². The maximum Gasteiger partial charge on any atom is 0.209 e. The average Bonchev–Trinajstić information content (AvgIpc) is 3.04. The fourth-order valence-corrected chi connectivity index (χ4v) is 2.49. The largest absolute Gasteiger partial charge is 0.475 e. The van der Waals surface area contributed by atoms with Gasteiger partial charge in [-0.15, -0.1) is 0 Å². The number of hydrogen-bond acceptors (Lipinski definition) is 8. The molecule has 0 bridgehead atoms. The Hall–Kier alpha value is -3.56. The van der Waals surface area contributed by atoms with E-state index < -0.39 is 5.82 Å². The van der Waals surface area contributed by atoms with Gasteiger partial charge in [-0.2, -0.15) is 0 Å². The zero-order valence-electron chi connectivity index (χ0n) is 15.7. The number of imidazole rings is 1. The van der Waals surface area contributed by atoms with Crippen LogP contribution in [0.4, 0.5) is 10.2 Å². The highest BCUT2D eigenvalue weighted by Gasteiger charge is 2.12. The third-order valence-corrected chi connectivity index (χ3v) is 3.71. The second-order valence-electron chi connectivity index (χ2n) is 6.38. The number of aromatic nitrogens is 5. The number of halogens is 1. The number of anilines is 1. The normalized spacial score (nSPS) is 13.0. The number of nitrogens with one attached hydrogen (secondary N) is 2. The summed E-state index contributed by atoms with van der Waals surface area (Å²) in [6.07, 6.45) is 5.04. The second-order valence-corrected chi connectivity index (χ2v) is 6.38. The summed E-state index contributed by atoms with van der Waals surface area (Å²) >= 11 is 0. The van der Waals surface area contributed by atoms with Gasteiger partial charge in [0, 0.05) is 6.08 Å². The van der Waals surface area contributed by atoms with E-state index in [0.29, 0.717) is 22.8 Å². The van der Waals surface area contributed by atoms with Crippen molar-refractivity contribution < 1.29 is 9.13 Å². The summed E-state index contributed by atoms with van der Waals surface area (Å²) in [5, 5.41) is 11.0. The van der Waals surface area contributed by atoms with Crippen molar-refractivity contribution >= 4 is 28.7 Å². The summed E-state index contributed by atoms with van der Waals surface area (Å²) in [5.74, 6) is 0.707. The lowest BCUT2D eigenvalue weighted by atomic mass is 10.3. The van der Waals surface area contributed by atoms with Crippen LogP contribution in [0.15, 0.2) is 36.9 Å². The minimum absolute atomic E-state index is 0.0503. The quantitative estimate of drug-likeness (QED) is 0.440. The van der Waals surface area contributed by atoms with Crippen molar-refractivity contribution in [3.8, 4) is 0 Å². The molecule has 0 aromatic carbocycles. The van der Waals surface area contributed by atoms with E-state index >= 15 is 0 Å². The van der Waals surface area contributed by atoms with Crippen LogP contribution in [-0.4, -0.2) is 36.5 Å². The molecule has 10 heteroatoms. The van der Waals surface area contributed by atoms with Crippen LogP contribution >= 0.6 is 0 Å². The Morgan fingerprint density at radius 2 is 1.96 bits per heavy atom. The van der Waals surface area contributed by atoms with Gasteiger partial charge in [0.05, 0.1) is 24.5 Å². The Morgan fingerprint density at radius 3 is 2.64 bits per heavy atom. The molecule has 0 aliphatic heterocycles.